The molecule has 0 aromatic rings. The molecule has 0 aromatic heterocycles. The molecule has 1 aliphatic carbocycles. The molecule has 2 aliphatic rings. The van der Waals surface area contributed by atoms with Crippen LogP contribution in [0.2, 0.25) is 0 Å². The number of hydrogen-bond acceptors (Lipinski definition) is 2. The minimum atomic E-state index is 0.130. The van der Waals surface area contributed by atoms with Gasteiger partial charge in [-0.3, -0.25) is 0 Å². The van der Waals surface area contributed by atoms with E-state index in [1.165, 1.54) is 19.3 Å². The first kappa shape index (κ1) is 8.52. The Labute approximate surface area is 74.5 Å². The van der Waals surface area contributed by atoms with Crippen LogP contribution in [0.15, 0.2) is 0 Å². The summed E-state index contributed by atoms with van der Waals surface area (Å²) in [5, 5.41) is 0. The first-order valence-corrected chi connectivity index (χ1v) is 4.93. The number of rotatable bonds is 2. The molecule has 2 heteroatoms. The van der Waals surface area contributed by atoms with Gasteiger partial charge in [0.15, 0.2) is 0 Å². The Balaban J connectivity index is 2.08. The summed E-state index contributed by atoms with van der Waals surface area (Å²) in [6, 6.07) is 0. The van der Waals surface area contributed by atoms with E-state index in [0.29, 0.717) is 5.92 Å². The summed E-state index contributed by atoms with van der Waals surface area (Å²) in [6.45, 7) is 6.47. The maximum absolute atomic E-state index is 6.25. The van der Waals surface area contributed by atoms with Gasteiger partial charge in [0.25, 0.3) is 0 Å². The second-order valence-corrected chi connectivity index (χ2v) is 4.94. The van der Waals surface area contributed by atoms with Crippen LogP contribution in [-0.4, -0.2) is 18.8 Å². The highest BCUT2D eigenvalue weighted by Gasteiger charge is 2.54. The number of nitrogens with two attached hydrogens (primary N) is 1. The lowest BCUT2D eigenvalue weighted by atomic mass is 9.71. The van der Waals surface area contributed by atoms with E-state index < -0.39 is 0 Å². The van der Waals surface area contributed by atoms with Gasteiger partial charge in [0.05, 0.1) is 6.61 Å². The van der Waals surface area contributed by atoms with Crippen LogP contribution >= 0.6 is 0 Å². The van der Waals surface area contributed by atoms with E-state index in [0.717, 1.165) is 13.2 Å². The van der Waals surface area contributed by atoms with E-state index >= 15 is 0 Å². The Morgan fingerprint density at radius 2 is 2.08 bits per heavy atom. The molecule has 1 saturated heterocycles. The fourth-order valence-electron chi connectivity index (χ4n) is 2.29. The molecule has 70 valence electrons. The van der Waals surface area contributed by atoms with E-state index in [-0.39, 0.29) is 11.0 Å². The normalized spacial score (nSPS) is 33.8. The van der Waals surface area contributed by atoms with Gasteiger partial charge in [-0.2, -0.15) is 0 Å². The van der Waals surface area contributed by atoms with Crippen LogP contribution in [0.3, 0.4) is 0 Å². The summed E-state index contributed by atoms with van der Waals surface area (Å²) in [7, 11) is 0. The molecule has 1 atom stereocenters. The highest BCUT2D eigenvalue weighted by Crippen LogP contribution is 2.53. The van der Waals surface area contributed by atoms with Crippen LogP contribution in [0.25, 0.3) is 0 Å². The second kappa shape index (κ2) is 2.46. The lowest BCUT2D eigenvalue weighted by Crippen LogP contribution is -2.45. The molecular weight excluding hydrogens is 150 g/mol. The zero-order valence-corrected chi connectivity index (χ0v) is 8.10. The Morgan fingerprint density at radius 1 is 1.42 bits per heavy atom. The summed E-state index contributed by atoms with van der Waals surface area (Å²) in [5.74, 6) is 0.685. The maximum atomic E-state index is 6.25. The van der Waals surface area contributed by atoms with E-state index in [1.54, 1.807) is 0 Å². The zero-order chi connectivity index (χ0) is 8.82. The molecule has 12 heavy (non-hydrogen) atoms. The molecule has 0 aromatic carbocycles. The van der Waals surface area contributed by atoms with Crippen LogP contribution in [0.5, 0.6) is 0 Å². The van der Waals surface area contributed by atoms with Gasteiger partial charge in [0.2, 0.25) is 0 Å². The Morgan fingerprint density at radius 3 is 2.50 bits per heavy atom. The van der Waals surface area contributed by atoms with Crippen LogP contribution in [0, 0.1) is 11.3 Å². The smallest absolute Gasteiger partial charge is 0.0500 e. The van der Waals surface area contributed by atoms with Crippen molar-refractivity contribution in [3.8, 4) is 0 Å². The molecule has 2 fully saturated rings. The molecule has 2 nitrogen and oxygen atoms in total. The van der Waals surface area contributed by atoms with Crippen molar-refractivity contribution in [3.05, 3.63) is 0 Å². The lowest BCUT2D eigenvalue weighted by molar-refractivity contribution is 0.115. The summed E-state index contributed by atoms with van der Waals surface area (Å²) in [4.78, 5) is 0. The number of ether oxygens (including phenoxy) is 1. The maximum Gasteiger partial charge on any atom is 0.0500 e. The molecule has 0 amide bonds. The lowest BCUT2D eigenvalue weighted by Gasteiger charge is -2.37. The van der Waals surface area contributed by atoms with Crippen molar-refractivity contribution in [1.29, 1.82) is 0 Å². The quantitative estimate of drug-likeness (QED) is 0.680. The van der Waals surface area contributed by atoms with Crippen LogP contribution in [0.1, 0.15) is 33.1 Å². The minimum absolute atomic E-state index is 0.130. The van der Waals surface area contributed by atoms with E-state index in [4.69, 9.17) is 10.5 Å². The van der Waals surface area contributed by atoms with Gasteiger partial charge in [-0.15, -0.1) is 0 Å². The molecule has 0 bridgehead atoms. The van der Waals surface area contributed by atoms with Gasteiger partial charge >= 0.3 is 0 Å². The predicted molar refractivity (Wildman–Crippen MR) is 48.9 cm³/mol. The van der Waals surface area contributed by atoms with Crippen molar-refractivity contribution in [1.82, 2.24) is 0 Å². The molecule has 2 rings (SSSR count). The van der Waals surface area contributed by atoms with Gasteiger partial charge in [0.1, 0.15) is 0 Å². The van der Waals surface area contributed by atoms with Crippen LogP contribution in [0.4, 0.5) is 0 Å². The van der Waals surface area contributed by atoms with Crippen molar-refractivity contribution in [2.75, 3.05) is 13.2 Å². The van der Waals surface area contributed by atoms with Crippen molar-refractivity contribution in [2.24, 2.45) is 17.1 Å². The standard InChI is InChI=1S/C10H19NO/c1-9(2,10(11)4-5-10)8-3-6-12-7-8/h8H,3-7,11H2,1-2H3. The van der Waals surface area contributed by atoms with Gasteiger partial charge in [-0.25, -0.2) is 0 Å². The molecule has 0 spiro atoms. The third-order valence-corrected chi connectivity index (χ3v) is 4.02. The molecule has 1 heterocycles. The average Bonchev–Trinajstić information content (AvgIpc) is 2.59. The molecule has 2 N–H and O–H groups in total. The predicted octanol–water partition coefficient (Wildman–Crippen LogP) is 1.54. The first-order chi connectivity index (χ1) is 5.56. The van der Waals surface area contributed by atoms with Gasteiger partial charge in [-0.05, 0) is 30.6 Å². The monoisotopic (exact) mass is 169 g/mol. The Bertz CT molecular complexity index is 178. The van der Waals surface area contributed by atoms with Crippen LogP contribution < -0.4 is 5.73 Å². The van der Waals surface area contributed by atoms with Crippen molar-refractivity contribution < 1.29 is 4.74 Å². The summed E-state index contributed by atoms with van der Waals surface area (Å²) >= 11 is 0. The topological polar surface area (TPSA) is 35.2 Å². The minimum Gasteiger partial charge on any atom is -0.381 e. The van der Waals surface area contributed by atoms with Crippen molar-refractivity contribution in [3.63, 3.8) is 0 Å². The highest BCUT2D eigenvalue weighted by molar-refractivity contribution is 5.11. The third kappa shape index (κ3) is 1.09. The molecular formula is C10H19NO. The largest absolute Gasteiger partial charge is 0.381 e. The van der Waals surface area contributed by atoms with E-state index in [9.17, 15) is 0 Å². The zero-order valence-electron chi connectivity index (χ0n) is 8.10. The molecule has 1 saturated carbocycles. The third-order valence-electron chi connectivity index (χ3n) is 4.02. The molecule has 0 radical (unpaired) electrons. The van der Waals surface area contributed by atoms with Crippen molar-refractivity contribution in [2.45, 2.75) is 38.6 Å². The summed E-state index contributed by atoms with van der Waals surface area (Å²) in [5.41, 5.74) is 6.66. The summed E-state index contributed by atoms with van der Waals surface area (Å²) in [6.07, 6.45) is 3.61. The second-order valence-electron chi connectivity index (χ2n) is 4.94. The van der Waals surface area contributed by atoms with Crippen molar-refractivity contribution >= 4 is 0 Å². The average molecular weight is 169 g/mol. The molecule has 1 aliphatic heterocycles. The fraction of sp³-hybridized carbons (Fsp3) is 1.00. The SMILES string of the molecule is CC(C)(C1CCOC1)C1(N)CC1. The van der Waals surface area contributed by atoms with Gasteiger partial charge in [0, 0.05) is 12.1 Å². The molecule has 1 unspecified atom stereocenters. The fourth-order valence-corrected chi connectivity index (χ4v) is 2.29. The summed E-state index contributed by atoms with van der Waals surface area (Å²) < 4.78 is 5.41. The Kier molecular flexibility index (Phi) is 1.74. The number of hydrogen-bond donors (Lipinski definition) is 1. The van der Waals surface area contributed by atoms with E-state index in [2.05, 4.69) is 13.8 Å². The van der Waals surface area contributed by atoms with Crippen LogP contribution in [-0.2, 0) is 4.74 Å². The van der Waals surface area contributed by atoms with E-state index in [1.807, 2.05) is 0 Å². The Hall–Kier alpha value is -0.0800. The van der Waals surface area contributed by atoms with Gasteiger partial charge < -0.3 is 10.5 Å². The first-order valence-electron chi connectivity index (χ1n) is 4.93. The van der Waals surface area contributed by atoms with Gasteiger partial charge in [-0.1, -0.05) is 13.8 Å². The highest BCUT2D eigenvalue weighted by atomic mass is 16.5.